The lowest BCUT2D eigenvalue weighted by atomic mass is 10.1. The van der Waals surface area contributed by atoms with E-state index < -0.39 is 11.7 Å². The van der Waals surface area contributed by atoms with Gasteiger partial charge in [0.1, 0.15) is 0 Å². The molecule has 0 N–H and O–H groups in total. The van der Waals surface area contributed by atoms with E-state index in [9.17, 15) is 18.0 Å². The van der Waals surface area contributed by atoms with Gasteiger partial charge in [0, 0.05) is 19.7 Å². The van der Waals surface area contributed by atoms with Crippen LogP contribution < -0.4 is 0 Å². The minimum Gasteiger partial charge on any atom is -0.344 e. The fourth-order valence-corrected chi connectivity index (χ4v) is 4.23. The average Bonchev–Trinajstić information content (AvgIpc) is 3.40. The number of rotatable bonds is 4. The highest BCUT2D eigenvalue weighted by molar-refractivity contribution is 7.17. The Labute approximate surface area is 181 Å². The third-order valence-corrected chi connectivity index (χ3v) is 5.79. The van der Waals surface area contributed by atoms with Crippen LogP contribution in [0.15, 0.2) is 72.8 Å². The van der Waals surface area contributed by atoms with Crippen molar-refractivity contribution in [1.82, 2.24) is 14.7 Å². The fraction of sp³-hybridized carbons (Fsp3) is 0.130. The van der Waals surface area contributed by atoms with Gasteiger partial charge >= 0.3 is 6.18 Å². The van der Waals surface area contributed by atoms with Crippen LogP contribution in [0.4, 0.5) is 13.2 Å². The number of benzene rings is 2. The molecule has 0 saturated heterocycles. The van der Waals surface area contributed by atoms with Gasteiger partial charge in [0.2, 0.25) is 0 Å². The summed E-state index contributed by atoms with van der Waals surface area (Å²) < 4.78 is 42.4. The number of carbonyl (C=O) groups excluding carboxylic acids is 1. The number of amides is 1. The third kappa shape index (κ3) is 4.11. The van der Waals surface area contributed by atoms with Gasteiger partial charge in [-0.3, -0.25) is 4.79 Å². The van der Waals surface area contributed by atoms with Crippen LogP contribution in [0.1, 0.15) is 15.2 Å². The Kier molecular flexibility index (Phi) is 5.41. The molecule has 2 heterocycles. The minimum absolute atomic E-state index is 0.0685. The van der Waals surface area contributed by atoms with Crippen molar-refractivity contribution in [3.05, 3.63) is 83.2 Å². The minimum atomic E-state index is -4.53. The van der Waals surface area contributed by atoms with Crippen LogP contribution in [-0.2, 0) is 6.18 Å². The van der Waals surface area contributed by atoms with E-state index >= 15 is 0 Å². The van der Waals surface area contributed by atoms with Crippen LogP contribution in [0.25, 0.3) is 27.5 Å². The number of hydrogen-bond donors (Lipinski definition) is 0. The van der Waals surface area contributed by atoms with Gasteiger partial charge in [0.05, 0.1) is 32.4 Å². The zero-order chi connectivity index (χ0) is 22.2. The second kappa shape index (κ2) is 8.03. The largest absolute Gasteiger partial charge is 0.418 e. The van der Waals surface area contributed by atoms with Crippen molar-refractivity contribution in [3.8, 4) is 27.5 Å². The van der Waals surface area contributed by atoms with Crippen molar-refractivity contribution in [2.45, 2.75) is 6.18 Å². The van der Waals surface area contributed by atoms with Crippen molar-refractivity contribution in [2.75, 3.05) is 14.1 Å². The van der Waals surface area contributed by atoms with E-state index in [2.05, 4.69) is 5.10 Å². The Balaban J connectivity index is 1.92. The maximum Gasteiger partial charge on any atom is 0.418 e. The lowest BCUT2D eigenvalue weighted by Crippen LogP contribution is -2.20. The number of hydrogen-bond acceptors (Lipinski definition) is 3. The van der Waals surface area contributed by atoms with Crippen molar-refractivity contribution < 1.29 is 18.0 Å². The van der Waals surface area contributed by atoms with Crippen molar-refractivity contribution in [1.29, 1.82) is 0 Å². The smallest absolute Gasteiger partial charge is 0.344 e. The number of thiophene rings is 1. The molecule has 2 aromatic heterocycles. The molecule has 1 amide bonds. The third-order valence-electron chi connectivity index (χ3n) is 4.69. The summed E-state index contributed by atoms with van der Waals surface area (Å²) in [7, 11) is 3.30. The molecule has 158 valence electrons. The standard InChI is InChI=1S/C23H18F3N3OS/c1-28(2)22(30)21-13-12-20(31-21)19-14-17(15-8-4-3-5-9-15)27-29(19)18-11-7-6-10-16(18)23(24,25)26/h3-14H,1-2H3. The van der Waals surface area contributed by atoms with E-state index in [0.717, 1.165) is 11.6 Å². The van der Waals surface area contributed by atoms with E-state index in [-0.39, 0.29) is 11.6 Å². The topological polar surface area (TPSA) is 38.1 Å². The highest BCUT2D eigenvalue weighted by Gasteiger charge is 2.34. The molecule has 0 aliphatic rings. The monoisotopic (exact) mass is 441 g/mol. The van der Waals surface area contributed by atoms with E-state index in [1.165, 1.54) is 33.1 Å². The highest BCUT2D eigenvalue weighted by Crippen LogP contribution is 2.38. The zero-order valence-electron chi connectivity index (χ0n) is 16.7. The highest BCUT2D eigenvalue weighted by atomic mass is 32.1. The number of aromatic nitrogens is 2. The van der Waals surface area contributed by atoms with Crippen LogP contribution in [0.2, 0.25) is 0 Å². The lowest BCUT2D eigenvalue weighted by Gasteiger charge is -2.14. The Morgan fingerprint density at radius 2 is 1.65 bits per heavy atom. The van der Waals surface area contributed by atoms with Crippen molar-refractivity contribution >= 4 is 17.2 Å². The summed E-state index contributed by atoms with van der Waals surface area (Å²) in [6.07, 6.45) is -4.53. The van der Waals surface area contributed by atoms with E-state index in [1.54, 1.807) is 38.4 Å². The lowest BCUT2D eigenvalue weighted by molar-refractivity contribution is -0.137. The average molecular weight is 441 g/mol. The molecule has 0 saturated carbocycles. The van der Waals surface area contributed by atoms with Gasteiger partial charge in [-0.05, 0) is 30.3 Å². The molecule has 8 heteroatoms. The summed E-state index contributed by atoms with van der Waals surface area (Å²) in [6, 6.07) is 19.7. The molecule has 31 heavy (non-hydrogen) atoms. The predicted molar refractivity (Wildman–Crippen MR) is 115 cm³/mol. The zero-order valence-corrected chi connectivity index (χ0v) is 17.5. The molecular weight excluding hydrogens is 423 g/mol. The molecular formula is C23H18F3N3OS. The summed E-state index contributed by atoms with van der Waals surface area (Å²) in [5.74, 6) is -0.165. The molecule has 4 rings (SSSR count). The molecule has 0 bridgehead atoms. The van der Waals surface area contributed by atoms with Gasteiger partial charge < -0.3 is 4.90 Å². The molecule has 2 aromatic carbocycles. The number of carbonyl (C=O) groups is 1. The quantitative estimate of drug-likeness (QED) is 0.390. The maximum absolute atomic E-state index is 13.7. The molecule has 0 aliphatic carbocycles. The van der Waals surface area contributed by atoms with Crippen LogP contribution in [0, 0.1) is 0 Å². The molecule has 0 fully saturated rings. The van der Waals surface area contributed by atoms with Crippen LogP contribution in [0.3, 0.4) is 0 Å². The Morgan fingerprint density at radius 3 is 2.32 bits per heavy atom. The molecule has 4 nitrogen and oxygen atoms in total. The van der Waals surface area contributed by atoms with Crippen molar-refractivity contribution in [3.63, 3.8) is 0 Å². The molecule has 0 radical (unpaired) electrons. The summed E-state index contributed by atoms with van der Waals surface area (Å²) in [4.78, 5) is 14.9. The van der Waals surface area contributed by atoms with Crippen LogP contribution >= 0.6 is 11.3 Å². The second-order valence-electron chi connectivity index (χ2n) is 7.07. The number of halogens is 3. The van der Waals surface area contributed by atoms with Gasteiger partial charge in [-0.25, -0.2) is 4.68 Å². The first-order valence-electron chi connectivity index (χ1n) is 9.39. The van der Waals surface area contributed by atoms with Gasteiger partial charge in [0.15, 0.2) is 0 Å². The first-order valence-corrected chi connectivity index (χ1v) is 10.2. The van der Waals surface area contributed by atoms with Gasteiger partial charge in [-0.2, -0.15) is 18.3 Å². The van der Waals surface area contributed by atoms with E-state index in [0.29, 0.717) is 21.1 Å². The normalized spacial score (nSPS) is 11.5. The molecule has 0 aliphatic heterocycles. The first-order chi connectivity index (χ1) is 14.8. The van der Waals surface area contributed by atoms with Crippen molar-refractivity contribution in [2.24, 2.45) is 0 Å². The Hall–Kier alpha value is -3.39. The number of para-hydroxylation sites is 1. The van der Waals surface area contributed by atoms with Gasteiger partial charge in [0.25, 0.3) is 5.91 Å². The second-order valence-corrected chi connectivity index (χ2v) is 8.15. The number of nitrogens with zero attached hydrogens (tertiary/aromatic N) is 3. The van der Waals surface area contributed by atoms with E-state index in [4.69, 9.17) is 0 Å². The molecule has 0 spiro atoms. The summed E-state index contributed by atoms with van der Waals surface area (Å²) >= 11 is 1.22. The molecule has 0 unspecified atom stereocenters. The van der Waals surface area contributed by atoms with Crippen LogP contribution in [0.5, 0.6) is 0 Å². The van der Waals surface area contributed by atoms with Crippen LogP contribution in [-0.4, -0.2) is 34.7 Å². The summed E-state index contributed by atoms with van der Waals surface area (Å²) in [5, 5.41) is 4.52. The SMILES string of the molecule is CN(C)C(=O)c1ccc(-c2cc(-c3ccccc3)nn2-c2ccccc2C(F)(F)F)s1. The predicted octanol–water partition coefficient (Wildman–Crippen LogP) is 5.99. The molecule has 4 aromatic rings. The van der Waals surface area contributed by atoms with E-state index in [1.807, 2.05) is 30.3 Å². The first kappa shape index (κ1) is 20.9. The number of alkyl halides is 3. The summed E-state index contributed by atoms with van der Waals surface area (Å²) in [5.41, 5.74) is 0.967. The summed E-state index contributed by atoms with van der Waals surface area (Å²) in [6.45, 7) is 0. The van der Waals surface area contributed by atoms with Gasteiger partial charge in [-0.1, -0.05) is 42.5 Å². The Bertz CT molecular complexity index is 1230. The Morgan fingerprint density at radius 1 is 0.968 bits per heavy atom. The fourth-order valence-electron chi connectivity index (χ4n) is 3.20. The van der Waals surface area contributed by atoms with Gasteiger partial charge in [-0.15, -0.1) is 11.3 Å². The molecule has 0 atom stereocenters. The maximum atomic E-state index is 13.7.